The summed E-state index contributed by atoms with van der Waals surface area (Å²) in [5.74, 6) is 1.45. The monoisotopic (exact) mass is 387 g/mol. The third-order valence-electron chi connectivity index (χ3n) is 5.38. The number of amides is 1. The van der Waals surface area contributed by atoms with E-state index in [0.29, 0.717) is 19.1 Å². The van der Waals surface area contributed by atoms with Gasteiger partial charge in [0.1, 0.15) is 0 Å². The predicted molar refractivity (Wildman–Crippen MR) is 111 cm³/mol. The molecular weight excluding hydrogens is 354 g/mol. The second-order valence-electron chi connectivity index (χ2n) is 7.49. The maximum Gasteiger partial charge on any atom is 0.407 e. The van der Waals surface area contributed by atoms with Crippen molar-refractivity contribution < 1.29 is 9.53 Å². The third kappa shape index (κ3) is 6.12. The Labute approximate surface area is 168 Å². The van der Waals surface area contributed by atoms with Crippen LogP contribution in [-0.2, 0) is 11.3 Å². The molecular formula is C21H33N5O2. The second-order valence-corrected chi connectivity index (χ2v) is 7.49. The van der Waals surface area contributed by atoms with Crippen LogP contribution in [0.4, 0.5) is 4.79 Å². The molecule has 1 atom stereocenters. The van der Waals surface area contributed by atoms with Gasteiger partial charge in [-0.3, -0.25) is 9.89 Å². The molecule has 7 nitrogen and oxygen atoms in total. The number of ether oxygens (including phenoxy) is 1. The Bertz CT molecular complexity index is 639. The molecule has 1 aliphatic carbocycles. The van der Waals surface area contributed by atoms with Crippen LogP contribution in [0.25, 0.3) is 0 Å². The highest BCUT2D eigenvalue weighted by Gasteiger charge is 2.33. The van der Waals surface area contributed by atoms with Crippen molar-refractivity contribution in [3.8, 4) is 0 Å². The largest absolute Gasteiger partial charge is 0.450 e. The van der Waals surface area contributed by atoms with E-state index in [9.17, 15) is 4.79 Å². The SMILES string of the molecule is CCOC(=O)NC(CNC(=NC)N1CCN(Cc2ccccc2)CC1)C1CC1. The number of guanidine groups is 1. The number of alkyl carbamates (subject to hydrolysis) is 1. The van der Waals surface area contributed by atoms with Crippen LogP contribution in [0.15, 0.2) is 35.3 Å². The summed E-state index contributed by atoms with van der Waals surface area (Å²) < 4.78 is 5.04. The van der Waals surface area contributed by atoms with Crippen LogP contribution < -0.4 is 10.6 Å². The minimum atomic E-state index is -0.328. The van der Waals surface area contributed by atoms with E-state index in [0.717, 1.165) is 51.5 Å². The minimum Gasteiger partial charge on any atom is -0.450 e. The number of nitrogens with zero attached hydrogens (tertiary/aromatic N) is 3. The lowest BCUT2D eigenvalue weighted by Gasteiger charge is -2.37. The molecule has 1 saturated heterocycles. The first kappa shape index (κ1) is 20.5. The Hall–Kier alpha value is -2.28. The minimum absolute atomic E-state index is 0.0927. The zero-order valence-corrected chi connectivity index (χ0v) is 17.1. The van der Waals surface area contributed by atoms with Gasteiger partial charge in [0.25, 0.3) is 0 Å². The summed E-state index contributed by atoms with van der Waals surface area (Å²) in [7, 11) is 1.82. The molecule has 2 N–H and O–H groups in total. The molecule has 1 saturated carbocycles. The summed E-state index contributed by atoms with van der Waals surface area (Å²) in [4.78, 5) is 21.0. The lowest BCUT2D eigenvalue weighted by molar-refractivity contribution is 0.146. The van der Waals surface area contributed by atoms with Crippen molar-refractivity contribution in [2.75, 3.05) is 46.4 Å². The Morgan fingerprint density at radius 3 is 2.54 bits per heavy atom. The first-order valence-corrected chi connectivity index (χ1v) is 10.3. The first-order valence-electron chi connectivity index (χ1n) is 10.3. The van der Waals surface area contributed by atoms with Crippen molar-refractivity contribution in [3.63, 3.8) is 0 Å². The standard InChI is InChI=1S/C21H33N5O2/c1-3-28-21(27)24-19(18-9-10-18)15-23-20(22-2)26-13-11-25(12-14-26)16-17-7-5-4-6-8-17/h4-8,18-19H,3,9-16H2,1-2H3,(H,22,23)(H,24,27). The van der Waals surface area contributed by atoms with Gasteiger partial charge in [-0.05, 0) is 31.2 Å². The van der Waals surface area contributed by atoms with Crippen LogP contribution in [0, 0.1) is 5.92 Å². The number of hydrogen-bond donors (Lipinski definition) is 2. The van der Waals surface area contributed by atoms with Gasteiger partial charge in [-0.25, -0.2) is 4.79 Å². The Morgan fingerprint density at radius 1 is 1.21 bits per heavy atom. The number of aliphatic imine (C=N–C) groups is 1. The lowest BCUT2D eigenvalue weighted by atomic mass is 10.2. The van der Waals surface area contributed by atoms with E-state index in [1.165, 1.54) is 5.56 Å². The molecule has 1 aromatic carbocycles. The molecule has 1 heterocycles. The molecule has 1 aliphatic heterocycles. The fourth-order valence-corrected chi connectivity index (χ4v) is 3.65. The van der Waals surface area contributed by atoms with E-state index < -0.39 is 0 Å². The molecule has 154 valence electrons. The fraction of sp³-hybridized carbons (Fsp3) is 0.619. The Balaban J connectivity index is 1.44. The van der Waals surface area contributed by atoms with E-state index in [1.54, 1.807) is 0 Å². The fourth-order valence-electron chi connectivity index (χ4n) is 3.65. The van der Waals surface area contributed by atoms with E-state index in [2.05, 4.69) is 55.8 Å². The van der Waals surface area contributed by atoms with E-state index in [1.807, 2.05) is 14.0 Å². The highest BCUT2D eigenvalue weighted by molar-refractivity contribution is 5.80. The van der Waals surface area contributed by atoms with Gasteiger partial charge < -0.3 is 20.3 Å². The van der Waals surface area contributed by atoms with Crippen LogP contribution >= 0.6 is 0 Å². The highest BCUT2D eigenvalue weighted by Crippen LogP contribution is 2.32. The van der Waals surface area contributed by atoms with Crippen molar-refractivity contribution in [2.24, 2.45) is 10.9 Å². The number of rotatable bonds is 7. The molecule has 1 unspecified atom stereocenters. The Kier molecular flexibility index (Phi) is 7.54. The molecule has 28 heavy (non-hydrogen) atoms. The van der Waals surface area contributed by atoms with Crippen molar-refractivity contribution in [2.45, 2.75) is 32.4 Å². The maximum absolute atomic E-state index is 11.8. The van der Waals surface area contributed by atoms with Gasteiger partial charge in [0.2, 0.25) is 0 Å². The number of hydrogen-bond acceptors (Lipinski definition) is 4. The number of carbonyl (C=O) groups is 1. The summed E-state index contributed by atoms with van der Waals surface area (Å²) in [6, 6.07) is 10.7. The highest BCUT2D eigenvalue weighted by atomic mass is 16.5. The van der Waals surface area contributed by atoms with Gasteiger partial charge in [-0.15, -0.1) is 0 Å². The predicted octanol–water partition coefficient (Wildman–Crippen LogP) is 1.90. The molecule has 3 rings (SSSR count). The van der Waals surface area contributed by atoms with Crippen molar-refractivity contribution in [1.29, 1.82) is 0 Å². The number of nitrogens with one attached hydrogen (secondary N) is 2. The second kappa shape index (κ2) is 10.3. The van der Waals surface area contributed by atoms with Crippen LogP contribution in [0.3, 0.4) is 0 Å². The van der Waals surface area contributed by atoms with Crippen LogP contribution in [0.2, 0.25) is 0 Å². The molecule has 1 amide bonds. The average molecular weight is 388 g/mol. The summed E-state index contributed by atoms with van der Waals surface area (Å²) in [6.07, 6.45) is 2.00. The Morgan fingerprint density at radius 2 is 1.93 bits per heavy atom. The molecule has 0 aromatic heterocycles. The summed E-state index contributed by atoms with van der Waals surface area (Å²) in [6.45, 7) is 7.83. The van der Waals surface area contributed by atoms with Gasteiger partial charge in [0.15, 0.2) is 5.96 Å². The summed E-state index contributed by atoms with van der Waals surface area (Å²) in [5.41, 5.74) is 1.36. The van der Waals surface area contributed by atoms with Gasteiger partial charge in [0, 0.05) is 46.3 Å². The molecule has 0 bridgehead atoms. The van der Waals surface area contributed by atoms with Crippen molar-refractivity contribution in [3.05, 3.63) is 35.9 Å². The summed E-state index contributed by atoms with van der Waals surface area (Å²) >= 11 is 0. The first-order chi connectivity index (χ1) is 13.7. The molecule has 0 radical (unpaired) electrons. The van der Waals surface area contributed by atoms with E-state index in [-0.39, 0.29) is 12.1 Å². The maximum atomic E-state index is 11.8. The van der Waals surface area contributed by atoms with Crippen LogP contribution in [0.1, 0.15) is 25.3 Å². The summed E-state index contributed by atoms with van der Waals surface area (Å²) in [5, 5.41) is 6.45. The quantitative estimate of drug-likeness (QED) is 0.552. The van der Waals surface area contributed by atoms with Crippen LogP contribution in [-0.4, -0.2) is 74.3 Å². The van der Waals surface area contributed by atoms with E-state index >= 15 is 0 Å². The zero-order chi connectivity index (χ0) is 19.8. The number of benzene rings is 1. The molecule has 0 spiro atoms. The smallest absolute Gasteiger partial charge is 0.407 e. The van der Waals surface area contributed by atoms with Gasteiger partial charge >= 0.3 is 6.09 Å². The zero-order valence-electron chi connectivity index (χ0n) is 17.1. The lowest BCUT2D eigenvalue weighted by Crippen LogP contribution is -2.54. The molecule has 2 fully saturated rings. The van der Waals surface area contributed by atoms with Gasteiger partial charge in [0.05, 0.1) is 12.6 Å². The molecule has 1 aromatic rings. The number of piperazine rings is 1. The average Bonchev–Trinajstić information content (AvgIpc) is 3.55. The van der Waals surface area contributed by atoms with Crippen molar-refractivity contribution in [1.82, 2.24) is 20.4 Å². The van der Waals surface area contributed by atoms with Crippen molar-refractivity contribution >= 4 is 12.1 Å². The third-order valence-corrected chi connectivity index (χ3v) is 5.38. The molecule has 7 heteroatoms. The molecule has 2 aliphatic rings. The topological polar surface area (TPSA) is 69.2 Å². The van der Waals surface area contributed by atoms with Crippen LogP contribution in [0.5, 0.6) is 0 Å². The van der Waals surface area contributed by atoms with Gasteiger partial charge in [-0.1, -0.05) is 30.3 Å². The number of carbonyl (C=O) groups excluding carboxylic acids is 1. The van der Waals surface area contributed by atoms with E-state index in [4.69, 9.17) is 4.74 Å². The normalized spacial score (nSPS) is 19.2. The van der Waals surface area contributed by atoms with Gasteiger partial charge in [-0.2, -0.15) is 0 Å².